The first-order chi connectivity index (χ1) is 19.4. The maximum absolute atomic E-state index is 14.6. The number of nitrogens with zero attached hydrogens (tertiary/aromatic N) is 3. The molecular weight excluding hydrogens is 517 g/mol. The van der Waals surface area contributed by atoms with Gasteiger partial charge in [-0.3, -0.25) is 9.59 Å². The molecule has 7 rings (SSSR count). The van der Waals surface area contributed by atoms with Gasteiger partial charge in [-0.15, -0.1) is 0 Å². The molecule has 2 amide bonds. The van der Waals surface area contributed by atoms with Crippen molar-refractivity contribution in [3.8, 4) is 0 Å². The number of piperidine rings is 2. The van der Waals surface area contributed by atoms with Gasteiger partial charge < -0.3 is 28.7 Å². The Labute approximate surface area is 245 Å². The highest BCUT2D eigenvalue weighted by Gasteiger charge is 2.58. The van der Waals surface area contributed by atoms with Crippen LogP contribution >= 0.6 is 0 Å². The molecule has 5 heterocycles. The zero-order valence-corrected chi connectivity index (χ0v) is 25.5. The number of hydrogen-bond acceptors (Lipinski definition) is 6. The first-order valence-corrected chi connectivity index (χ1v) is 15.9. The number of rotatable bonds is 4. The van der Waals surface area contributed by atoms with Crippen molar-refractivity contribution in [2.24, 2.45) is 5.41 Å². The third kappa shape index (κ3) is 4.24. The lowest BCUT2D eigenvalue weighted by Crippen LogP contribution is -2.60. The van der Waals surface area contributed by atoms with Crippen molar-refractivity contribution in [1.82, 2.24) is 9.80 Å². The van der Waals surface area contributed by atoms with Crippen LogP contribution in [0.2, 0.25) is 0 Å². The predicted molar refractivity (Wildman–Crippen MR) is 158 cm³/mol. The molecule has 9 heteroatoms. The normalized spacial score (nSPS) is 31.6. The van der Waals surface area contributed by atoms with Crippen molar-refractivity contribution < 1.29 is 23.6 Å². The minimum absolute atomic E-state index is 0.167. The Morgan fingerprint density at radius 1 is 0.878 bits per heavy atom. The highest BCUT2D eigenvalue weighted by molar-refractivity contribution is 6.62. The van der Waals surface area contributed by atoms with Crippen LogP contribution in [0.15, 0.2) is 18.2 Å². The molecule has 41 heavy (non-hydrogen) atoms. The van der Waals surface area contributed by atoms with E-state index in [-0.39, 0.29) is 17.9 Å². The minimum Gasteiger partial charge on any atom is -0.399 e. The molecule has 1 aromatic rings. The Hall–Kier alpha value is -1.94. The average Bonchev–Trinajstić information content (AvgIpc) is 3.27. The Morgan fingerprint density at radius 2 is 1.51 bits per heavy atom. The molecule has 0 bridgehead atoms. The number of benzene rings is 1. The number of fused-ring (bicyclic) bond motifs is 2. The summed E-state index contributed by atoms with van der Waals surface area (Å²) in [6, 6.07) is 7.22. The lowest BCUT2D eigenvalue weighted by Gasteiger charge is -2.48. The number of amides is 2. The molecule has 6 aliphatic rings. The van der Waals surface area contributed by atoms with Crippen LogP contribution in [0.4, 0.5) is 5.69 Å². The topological polar surface area (TPSA) is 71.6 Å². The van der Waals surface area contributed by atoms with Gasteiger partial charge in [0, 0.05) is 30.9 Å². The van der Waals surface area contributed by atoms with Crippen molar-refractivity contribution in [3.63, 3.8) is 0 Å². The number of likely N-dealkylation sites (tertiary alicyclic amines) is 2. The van der Waals surface area contributed by atoms with Gasteiger partial charge >= 0.3 is 7.12 Å². The van der Waals surface area contributed by atoms with E-state index in [1.54, 1.807) is 0 Å². The maximum Gasteiger partial charge on any atom is 0.494 e. The fourth-order valence-electron chi connectivity index (χ4n) is 7.94. The van der Waals surface area contributed by atoms with Gasteiger partial charge in [0.05, 0.1) is 35.2 Å². The fourth-order valence-corrected chi connectivity index (χ4v) is 7.94. The van der Waals surface area contributed by atoms with E-state index in [4.69, 9.17) is 14.0 Å². The van der Waals surface area contributed by atoms with Crippen LogP contribution in [0.5, 0.6) is 0 Å². The maximum atomic E-state index is 14.6. The molecule has 1 saturated carbocycles. The van der Waals surface area contributed by atoms with Crippen LogP contribution < -0.4 is 10.4 Å². The van der Waals surface area contributed by atoms with E-state index in [1.165, 1.54) is 32.4 Å². The molecule has 5 aliphatic heterocycles. The van der Waals surface area contributed by atoms with Crippen LogP contribution in [0, 0.1) is 5.41 Å². The quantitative estimate of drug-likeness (QED) is 0.524. The molecule has 0 N–H and O–H groups in total. The third-order valence-electron chi connectivity index (χ3n) is 11.6. The summed E-state index contributed by atoms with van der Waals surface area (Å²) in [4.78, 5) is 34.6. The average molecular weight is 564 g/mol. The van der Waals surface area contributed by atoms with Gasteiger partial charge in [0.25, 0.3) is 0 Å². The third-order valence-corrected chi connectivity index (χ3v) is 11.6. The van der Waals surface area contributed by atoms with E-state index >= 15 is 0 Å². The Kier molecular flexibility index (Phi) is 6.48. The molecular formula is C32H46BN3O5. The van der Waals surface area contributed by atoms with Crippen molar-refractivity contribution in [1.29, 1.82) is 0 Å². The molecule has 5 fully saturated rings. The molecule has 0 unspecified atom stereocenters. The largest absolute Gasteiger partial charge is 0.494 e. The van der Waals surface area contributed by atoms with E-state index in [1.807, 2.05) is 11.8 Å². The Morgan fingerprint density at radius 3 is 2.10 bits per heavy atom. The molecule has 1 aromatic carbocycles. The molecule has 0 aromatic heterocycles. The first kappa shape index (κ1) is 27.9. The molecule has 1 spiro atoms. The first-order valence-electron chi connectivity index (χ1n) is 15.9. The SMILES string of the molecule is CC1(C(=O)N2CCC3(CC2)C(=O)N([C@H]2C[C@@H](N4CCCCC4)C2)c2cc(B4OC(C)(C)C(C)(C)O4)ccc23)COC1. The summed E-state index contributed by atoms with van der Waals surface area (Å²) in [6.45, 7) is 14.9. The summed E-state index contributed by atoms with van der Waals surface area (Å²) in [5.74, 6) is 0.395. The number of hydrogen-bond donors (Lipinski definition) is 0. The molecule has 0 radical (unpaired) electrons. The molecule has 4 saturated heterocycles. The Bertz CT molecular complexity index is 1210. The van der Waals surface area contributed by atoms with E-state index in [2.05, 4.69) is 55.7 Å². The van der Waals surface area contributed by atoms with Crippen molar-refractivity contribution in [2.75, 3.05) is 44.3 Å². The van der Waals surface area contributed by atoms with Gasteiger partial charge in [-0.25, -0.2) is 0 Å². The highest BCUT2D eigenvalue weighted by Crippen LogP contribution is 2.51. The number of carbonyl (C=O) groups excluding carboxylic acids is 2. The van der Waals surface area contributed by atoms with Gasteiger partial charge in [0.2, 0.25) is 11.8 Å². The van der Waals surface area contributed by atoms with Crippen molar-refractivity contribution in [3.05, 3.63) is 23.8 Å². The smallest absolute Gasteiger partial charge is 0.399 e. The van der Waals surface area contributed by atoms with Gasteiger partial charge in [0.1, 0.15) is 0 Å². The van der Waals surface area contributed by atoms with Gasteiger partial charge in [-0.05, 0) is 103 Å². The van der Waals surface area contributed by atoms with Crippen molar-refractivity contribution in [2.45, 2.75) is 108 Å². The zero-order chi connectivity index (χ0) is 28.8. The summed E-state index contributed by atoms with van der Waals surface area (Å²) in [5.41, 5.74) is 1.28. The van der Waals surface area contributed by atoms with Crippen LogP contribution in [0.3, 0.4) is 0 Å². The Balaban J connectivity index is 1.17. The van der Waals surface area contributed by atoms with Crippen LogP contribution in [0.1, 0.15) is 85.1 Å². The fraction of sp³-hybridized carbons (Fsp3) is 0.750. The second kappa shape index (κ2) is 9.53. The summed E-state index contributed by atoms with van der Waals surface area (Å²) in [7, 11) is -0.466. The molecule has 8 nitrogen and oxygen atoms in total. The van der Waals surface area contributed by atoms with Gasteiger partial charge in [-0.1, -0.05) is 18.6 Å². The van der Waals surface area contributed by atoms with E-state index in [9.17, 15) is 9.59 Å². The summed E-state index contributed by atoms with van der Waals surface area (Å²) in [6.07, 6.45) is 7.30. The van der Waals surface area contributed by atoms with Crippen LogP contribution in [-0.2, 0) is 29.0 Å². The minimum atomic E-state index is -0.576. The second-order valence-electron chi connectivity index (χ2n) is 14.8. The number of ether oxygens (including phenoxy) is 1. The van der Waals surface area contributed by atoms with Gasteiger partial charge in [0.15, 0.2) is 0 Å². The summed E-state index contributed by atoms with van der Waals surface area (Å²) >= 11 is 0. The lowest BCUT2D eigenvalue weighted by atomic mass is 9.71. The van der Waals surface area contributed by atoms with E-state index in [0.717, 1.165) is 29.6 Å². The standard InChI is InChI=1S/C32H46BN3O5/c1-29(2)30(3,4)41-33(40-29)22-9-10-25-26(17-22)36(24-18-23(19-24)34-13-7-6-8-14-34)28(38)32(25)11-15-35(16-12-32)27(37)31(5)20-39-21-31/h9-10,17,23-24H,6-8,11-16,18-21H2,1-5H3/t23-,24+. The predicted octanol–water partition coefficient (Wildman–Crippen LogP) is 3.25. The van der Waals surface area contributed by atoms with Gasteiger partial charge in [-0.2, -0.15) is 0 Å². The molecule has 0 atom stereocenters. The van der Waals surface area contributed by atoms with E-state index in [0.29, 0.717) is 45.2 Å². The number of carbonyl (C=O) groups is 2. The molecule has 1 aliphatic carbocycles. The zero-order valence-electron chi connectivity index (χ0n) is 25.5. The monoisotopic (exact) mass is 563 g/mol. The number of anilines is 1. The van der Waals surface area contributed by atoms with E-state index < -0.39 is 29.2 Å². The molecule has 222 valence electrons. The summed E-state index contributed by atoms with van der Waals surface area (Å²) < 4.78 is 18.2. The van der Waals surface area contributed by atoms with Crippen molar-refractivity contribution >= 4 is 30.1 Å². The second-order valence-corrected chi connectivity index (χ2v) is 14.8. The van der Waals surface area contributed by atoms with Crippen LogP contribution in [-0.4, -0.2) is 91.4 Å². The van der Waals surface area contributed by atoms with Crippen LogP contribution in [0.25, 0.3) is 0 Å². The summed E-state index contributed by atoms with van der Waals surface area (Å²) in [5, 5.41) is 0. The lowest BCUT2D eigenvalue weighted by molar-refractivity contribution is -0.170. The highest BCUT2D eigenvalue weighted by atomic mass is 16.7.